The summed E-state index contributed by atoms with van der Waals surface area (Å²) in [6.45, 7) is 5.39. The van der Waals surface area contributed by atoms with Crippen molar-refractivity contribution in [3.05, 3.63) is 23.8 Å². The highest BCUT2D eigenvalue weighted by Gasteiger charge is 2.22. The summed E-state index contributed by atoms with van der Waals surface area (Å²) in [5, 5.41) is 8.52. The zero-order valence-corrected chi connectivity index (χ0v) is 12.0. The Morgan fingerprint density at radius 1 is 1.37 bits per heavy atom. The van der Waals surface area contributed by atoms with E-state index in [9.17, 15) is 13.2 Å². The largest absolute Gasteiger partial charge is 0.493 e. The van der Waals surface area contributed by atoms with Gasteiger partial charge >= 0.3 is 5.97 Å². The van der Waals surface area contributed by atoms with Crippen LogP contribution in [0.2, 0.25) is 0 Å². The molecule has 0 atom stereocenters. The first-order valence-corrected chi connectivity index (χ1v) is 7.59. The van der Waals surface area contributed by atoms with Crippen molar-refractivity contribution >= 4 is 15.8 Å². The molecule has 0 radical (unpaired) electrons. The third-order valence-electron chi connectivity index (χ3n) is 2.59. The Bertz CT molecular complexity index is 560. The van der Waals surface area contributed by atoms with Crippen LogP contribution in [0.5, 0.6) is 5.75 Å². The van der Waals surface area contributed by atoms with Gasteiger partial charge in [0.15, 0.2) is 9.84 Å². The molecule has 0 aromatic heterocycles. The Labute approximate surface area is 113 Å². The maximum Gasteiger partial charge on any atom is 0.339 e. The molecule has 0 bridgehead atoms. The van der Waals surface area contributed by atoms with Gasteiger partial charge in [-0.3, -0.25) is 0 Å². The van der Waals surface area contributed by atoms with Gasteiger partial charge in [-0.05, 0) is 38.5 Å². The summed E-state index contributed by atoms with van der Waals surface area (Å²) in [6.07, 6.45) is 0.741. The highest BCUT2D eigenvalue weighted by molar-refractivity contribution is 7.92. The van der Waals surface area contributed by atoms with Gasteiger partial charge in [0.25, 0.3) is 0 Å². The van der Waals surface area contributed by atoms with Crippen LogP contribution in [0.25, 0.3) is 0 Å². The number of benzene rings is 1. The molecule has 6 heteroatoms. The van der Waals surface area contributed by atoms with Gasteiger partial charge in [-0.25, -0.2) is 13.2 Å². The molecule has 0 unspecified atom stereocenters. The predicted octanol–water partition coefficient (Wildman–Crippen LogP) is 2.36. The molecule has 1 aromatic carbocycles. The topological polar surface area (TPSA) is 80.7 Å². The molecule has 5 nitrogen and oxygen atoms in total. The van der Waals surface area contributed by atoms with Gasteiger partial charge in [0.05, 0.1) is 16.8 Å². The number of hydrogen-bond donors (Lipinski definition) is 1. The van der Waals surface area contributed by atoms with Gasteiger partial charge in [-0.1, -0.05) is 6.92 Å². The van der Waals surface area contributed by atoms with E-state index in [-0.39, 0.29) is 16.2 Å². The molecule has 1 rings (SSSR count). The molecule has 0 spiro atoms. The monoisotopic (exact) mass is 286 g/mol. The van der Waals surface area contributed by atoms with E-state index in [1.807, 2.05) is 6.92 Å². The van der Waals surface area contributed by atoms with Crippen molar-refractivity contribution in [3.63, 3.8) is 0 Å². The minimum absolute atomic E-state index is 0.00347. The Kier molecular flexibility index (Phi) is 4.94. The smallest absolute Gasteiger partial charge is 0.339 e. The quantitative estimate of drug-likeness (QED) is 0.868. The van der Waals surface area contributed by atoms with Gasteiger partial charge in [-0.2, -0.15) is 0 Å². The van der Waals surface area contributed by atoms with Crippen LogP contribution in [-0.2, 0) is 9.84 Å². The minimum Gasteiger partial charge on any atom is -0.493 e. The summed E-state index contributed by atoms with van der Waals surface area (Å²) in [5.74, 6) is -1.01. The average molecular weight is 286 g/mol. The first-order valence-electron chi connectivity index (χ1n) is 6.04. The Morgan fingerprint density at radius 3 is 2.47 bits per heavy atom. The molecule has 0 amide bonds. The predicted molar refractivity (Wildman–Crippen MR) is 71.5 cm³/mol. The number of hydrogen-bond acceptors (Lipinski definition) is 4. The fourth-order valence-corrected chi connectivity index (χ4v) is 2.55. The number of carboxylic acid groups (broad SMARTS) is 1. The Hall–Kier alpha value is -1.56. The van der Waals surface area contributed by atoms with E-state index >= 15 is 0 Å². The van der Waals surface area contributed by atoms with Crippen LogP contribution in [-0.4, -0.2) is 31.4 Å². The second kappa shape index (κ2) is 6.06. The Balaban J connectivity index is 3.28. The highest BCUT2D eigenvalue weighted by atomic mass is 32.2. The lowest BCUT2D eigenvalue weighted by molar-refractivity contribution is 0.0692. The summed E-state index contributed by atoms with van der Waals surface area (Å²) < 4.78 is 29.3. The second-order valence-electron chi connectivity index (χ2n) is 4.41. The number of ether oxygens (including phenoxy) is 1. The van der Waals surface area contributed by atoms with Crippen molar-refractivity contribution < 1.29 is 23.1 Å². The molecule has 0 fully saturated rings. The molecule has 0 saturated heterocycles. The Morgan fingerprint density at radius 2 is 2.00 bits per heavy atom. The zero-order valence-electron chi connectivity index (χ0n) is 11.2. The maximum atomic E-state index is 12.0. The average Bonchev–Trinajstić information content (AvgIpc) is 2.35. The molecule has 0 aliphatic carbocycles. The number of sulfone groups is 1. The van der Waals surface area contributed by atoms with E-state index in [0.29, 0.717) is 6.61 Å². The van der Waals surface area contributed by atoms with E-state index in [2.05, 4.69) is 0 Å². The zero-order chi connectivity index (χ0) is 14.6. The lowest BCUT2D eigenvalue weighted by Crippen LogP contribution is -2.15. The summed E-state index contributed by atoms with van der Waals surface area (Å²) in [6, 6.07) is 3.93. The van der Waals surface area contributed by atoms with Crippen molar-refractivity contribution in [2.45, 2.75) is 37.3 Å². The molecule has 0 aliphatic heterocycles. The van der Waals surface area contributed by atoms with Crippen molar-refractivity contribution in [2.24, 2.45) is 0 Å². The molecule has 1 N–H and O–H groups in total. The van der Waals surface area contributed by atoms with Crippen LogP contribution < -0.4 is 4.74 Å². The molecular weight excluding hydrogens is 268 g/mol. The fourth-order valence-electron chi connectivity index (χ4n) is 1.46. The van der Waals surface area contributed by atoms with E-state index in [1.165, 1.54) is 12.1 Å². The van der Waals surface area contributed by atoms with Crippen LogP contribution in [0, 0.1) is 0 Å². The summed E-state index contributed by atoms with van der Waals surface area (Å²) >= 11 is 0. The standard InChI is InChI=1S/C13H18O5S/c1-4-7-18-12-6-5-10(8-11(12)13(14)15)19(16,17)9(2)3/h5-6,8-9H,4,7H2,1-3H3,(H,14,15). The molecule has 0 aliphatic rings. The maximum absolute atomic E-state index is 12.0. The molecule has 106 valence electrons. The van der Waals surface area contributed by atoms with Crippen molar-refractivity contribution in [1.82, 2.24) is 0 Å². The van der Waals surface area contributed by atoms with Gasteiger partial charge in [0, 0.05) is 0 Å². The lowest BCUT2D eigenvalue weighted by Gasteiger charge is -2.12. The lowest BCUT2D eigenvalue weighted by atomic mass is 10.2. The molecule has 0 saturated carbocycles. The van der Waals surface area contributed by atoms with Gasteiger partial charge in [-0.15, -0.1) is 0 Å². The molecular formula is C13H18O5S. The SMILES string of the molecule is CCCOc1ccc(S(=O)(=O)C(C)C)cc1C(=O)O. The van der Waals surface area contributed by atoms with Crippen LogP contribution in [0.3, 0.4) is 0 Å². The van der Waals surface area contributed by atoms with Crippen LogP contribution in [0.4, 0.5) is 0 Å². The first kappa shape index (κ1) is 15.5. The number of carboxylic acids is 1. The normalized spacial score (nSPS) is 11.6. The second-order valence-corrected chi connectivity index (χ2v) is 6.91. The van der Waals surface area contributed by atoms with Crippen LogP contribution in [0.1, 0.15) is 37.6 Å². The van der Waals surface area contributed by atoms with Crippen LogP contribution in [0.15, 0.2) is 23.1 Å². The molecule has 19 heavy (non-hydrogen) atoms. The van der Waals surface area contributed by atoms with E-state index < -0.39 is 21.1 Å². The molecule has 0 heterocycles. The van der Waals surface area contributed by atoms with Gasteiger partial charge in [0.2, 0.25) is 0 Å². The van der Waals surface area contributed by atoms with Gasteiger partial charge in [0.1, 0.15) is 11.3 Å². The summed E-state index contributed by atoms with van der Waals surface area (Å²) in [4.78, 5) is 11.2. The molecule has 1 aromatic rings. The fraction of sp³-hybridized carbons (Fsp3) is 0.462. The van der Waals surface area contributed by atoms with E-state index in [4.69, 9.17) is 9.84 Å². The van der Waals surface area contributed by atoms with Crippen molar-refractivity contribution in [3.8, 4) is 5.75 Å². The van der Waals surface area contributed by atoms with Gasteiger partial charge < -0.3 is 9.84 Å². The summed E-state index contributed by atoms with van der Waals surface area (Å²) in [7, 11) is -3.49. The third kappa shape index (κ3) is 3.47. The van der Waals surface area contributed by atoms with E-state index in [1.54, 1.807) is 13.8 Å². The first-order chi connectivity index (χ1) is 8.80. The third-order valence-corrected chi connectivity index (χ3v) is 4.74. The summed E-state index contributed by atoms with van der Waals surface area (Å²) in [5.41, 5.74) is -0.129. The van der Waals surface area contributed by atoms with E-state index in [0.717, 1.165) is 12.5 Å². The van der Waals surface area contributed by atoms with Crippen molar-refractivity contribution in [2.75, 3.05) is 6.61 Å². The van der Waals surface area contributed by atoms with Crippen molar-refractivity contribution in [1.29, 1.82) is 0 Å². The van der Waals surface area contributed by atoms with Crippen LogP contribution >= 0.6 is 0 Å². The number of aromatic carboxylic acids is 1. The minimum atomic E-state index is -3.49. The highest BCUT2D eigenvalue weighted by Crippen LogP contribution is 2.25. The number of rotatable bonds is 6. The number of carbonyl (C=O) groups is 1.